The van der Waals surface area contributed by atoms with Crippen LogP contribution in [0.3, 0.4) is 0 Å². The van der Waals surface area contributed by atoms with E-state index in [0.29, 0.717) is 0 Å². The molecule has 0 atom stereocenters. The largest absolute Gasteiger partial charge is 0.546 e. The average Bonchev–Trinajstić information content (AvgIpc) is 2.65. The standard InChI is InChI=1S/C21H18O2Si/c1-17(21(22)23)24(18-11-5-2-6-12-18,19-13-7-3-8-14-19)20-15-9-4-10-16-20/h2-16H,1H2,(H,22,23)/p-1. The van der Waals surface area contributed by atoms with E-state index in [1.165, 1.54) is 0 Å². The average molecular weight is 329 g/mol. The van der Waals surface area contributed by atoms with E-state index in [0.717, 1.165) is 15.6 Å². The Balaban J connectivity index is 2.42. The summed E-state index contributed by atoms with van der Waals surface area (Å²) in [5.74, 6) is -1.20. The molecule has 3 heteroatoms. The first-order valence-electron chi connectivity index (χ1n) is 7.74. The molecule has 0 unspecified atom stereocenters. The van der Waals surface area contributed by atoms with E-state index in [-0.39, 0.29) is 5.20 Å². The summed E-state index contributed by atoms with van der Waals surface area (Å²) >= 11 is 0. The minimum Gasteiger partial charge on any atom is -0.546 e. The molecule has 3 rings (SSSR count). The van der Waals surface area contributed by atoms with Gasteiger partial charge in [-0.05, 0) is 20.8 Å². The van der Waals surface area contributed by atoms with Crippen LogP contribution in [0.15, 0.2) is 103 Å². The molecule has 0 N–H and O–H groups in total. The van der Waals surface area contributed by atoms with E-state index in [4.69, 9.17) is 0 Å². The molecule has 0 saturated heterocycles. The van der Waals surface area contributed by atoms with Crippen LogP contribution in [0.4, 0.5) is 0 Å². The van der Waals surface area contributed by atoms with Crippen LogP contribution in [-0.2, 0) is 4.79 Å². The van der Waals surface area contributed by atoms with Gasteiger partial charge in [0.2, 0.25) is 0 Å². The van der Waals surface area contributed by atoms with Crippen molar-refractivity contribution in [2.24, 2.45) is 0 Å². The van der Waals surface area contributed by atoms with Gasteiger partial charge in [-0.25, -0.2) is 0 Å². The second kappa shape index (κ2) is 6.68. The Morgan fingerprint density at radius 1 is 0.667 bits per heavy atom. The number of aliphatic carboxylic acids is 1. The lowest BCUT2D eigenvalue weighted by atomic mass is 10.3. The van der Waals surface area contributed by atoms with E-state index >= 15 is 0 Å². The summed E-state index contributed by atoms with van der Waals surface area (Å²) < 4.78 is 0. The maximum atomic E-state index is 11.9. The van der Waals surface area contributed by atoms with Gasteiger partial charge in [0.05, 0.1) is 5.97 Å². The van der Waals surface area contributed by atoms with Gasteiger partial charge in [-0.3, -0.25) is 0 Å². The molecule has 0 aromatic heterocycles. The number of carboxylic acid groups (broad SMARTS) is 1. The Kier molecular flexibility index (Phi) is 4.45. The van der Waals surface area contributed by atoms with Crippen LogP contribution in [0.5, 0.6) is 0 Å². The highest BCUT2D eigenvalue weighted by Gasteiger charge is 2.42. The predicted molar refractivity (Wildman–Crippen MR) is 98.1 cm³/mol. The van der Waals surface area contributed by atoms with Crippen LogP contribution in [0.25, 0.3) is 0 Å². The van der Waals surface area contributed by atoms with Crippen LogP contribution >= 0.6 is 0 Å². The number of hydrogen-bond donors (Lipinski definition) is 0. The molecule has 118 valence electrons. The van der Waals surface area contributed by atoms with Crippen molar-refractivity contribution in [1.29, 1.82) is 0 Å². The van der Waals surface area contributed by atoms with Gasteiger partial charge in [-0.15, -0.1) is 0 Å². The lowest BCUT2D eigenvalue weighted by Gasteiger charge is -2.36. The Morgan fingerprint density at radius 3 is 1.21 bits per heavy atom. The lowest BCUT2D eigenvalue weighted by Crippen LogP contribution is -2.70. The maximum Gasteiger partial charge on any atom is 0.180 e. The summed E-state index contributed by atoms with van der Waals surface area (Å²) in [7, 11) is -2.95. The first-order valence-corrected chi connectivity index (χ1v) is 9.74. The topological polar surface area (TPSA) is 40.1 Å². The fraction of sp³-hybridized carbons (Fsp3) is 0. The van der Waals surface area contributed by atoms with Crippen LogP contribution < -0.4 is 20.7 Å². The molecule has 0 aliphatic heterocycles. The summed E-state index contributed by atoms with van der Waals surface area (Å²) in [6.45, 7) is 3.96. The highest BCUT2D eigenvalue weighted by Crippen LogP contribution is 2.15. The van der Waals surface area contributed by atoms with Crippen molar-refractivity contribution in [1.82, 2.24) is 0 Å². The summed E-state index contributed by atoms with van der Waals surface area (Å²) in [4.78, 5) is 11.9. The van der Waals surface area contributed by atoms with Gasteiger partial charge in [-0.1, -0.05) is 97.6 Å². The van der Waals surface area contributed by atoms with E-state index in [9.17, 15) is 9.90 Å². The molecular formula is C21H17O2Si-. The highest BCUT2D eigenvalue weighted by molar-refractivity contribution is 7.18. The second-order valence-corrected chi connectivity index (χ2v) is 9.45. The van der Waals surface area contributed by atoms with Crippen molar-refractivity contribution >= 4 is 29.6 Å². The predicted octanol–water partition coefficient (Wildman–Crippen LogP) is 1.00. The Labute approximate surface area is 142 Å². The van der Waals surface area contributed by atoms with Crippen molar-refractivity contribution in [3.63, 3.8) is 0 Å². The van der Waals surface area contributed by atoms with Crippen LogP contribution in [0.2, 0.25) is 0 Å². The summed E-state index contributed by atoms with van der Waals surface area (Å²) in [5.41, 5.74) is 0. The summed E-state index contributed by atoms with van der Waals surface area (Å²) in [6.07, 6.45) is 0. The first kappa shape index (κ1) is 16.0. The number of carbonyl (C=O) groups excluding carboxylic acids is 1. The van der Waals surface area contributed by atoms with E-state index in [2.05, 4.69) is 6.58 Å². The van der Waals surface area contributed by atoms with Crippen molar-refractivity contribution in [2.75, 3.05) is 0 Å². The van der Waals surface area contributed by atoms with Crippen molar-refractivity contribution < 1.29 is 9.90 Å². The summed E-state index contributed by atoms with van der Waals surface area (Å²) in [5, 5.41) is 15.0. The van der Waals surface area contributed by atoms with E-state index < -0.39 is 14.0 Å². The smallest absolute Gasteiger partial charge is 0.180 e. The molecule has 0 amide bonds. The minimum absolute atomic E-state index is 0.158. The molecule has 0 aliphatic rings. The zero-order chi connectivity index (χ0) is 17.0. The highest BCUT2D eigenvalue weighted by atomic mass is 28.3. The van der Waals surface area contributed by atoms with Crippen LogP contribution in [-0.4, -0.2) is 14.0 Å². The monoisotopic (exact) mass is 329 g/mol. The van der Waals surface area contributed by atoms with Gasteiger partial charge in [-0.2, -0.15) is 0 Å². The van der Waals surface area contributed by atoms with E-state index in [1.54, 1.807) is 0 Å². The number of hydrogen-bond acceptors (Lipinski definition) is 2. The Hall–Kier alpha value is -2.91. The molecule has 0 bridgehead atoms. The molecule has 0 heterocycles. The zero-order valence-corrected chi connectivity index (χ0v) is 14.2. The number of benzene rings is 3. The molecule has 0 radical (unpaired) electrons. The normalized spacial score (nSPS) is 11.0. The van der Waals surface area contributed by atoms with Gasteiger partial charge in [0, 0.05) is 0 Å². The maximum absolute atomic E-state index is 11.9. The van der Waals surface area contributed by atoms with Crippen LogP contribution in [0, 0.1) is 0 Å². The Bertz CT molecular complexity index is 746. The third kappa shape index (κ3) is 2.59. The number of rotatable bonds is 5. The van der Waals surface area contributed by atoms with Gasteiger partial charge in [0.1, 0.15) is 0 Å². The summed E-state index contributed by atoms with van der Waals surface area (Å²) in [6, 6.07) is 29.3. The molecule has 3 aromatic rings. The van der Waals surface area contributed by atoms with Crippen molar-refractivity contribution in [3.8, 4) is 0 Å². The quantitative estimate of drug-likeness (QED) is 0.398. The first-order chi connectivity index (χ1) is 11.7. The van der Waals surface area contributed by atoms with Gasteiger partial charge in [0.25, 0.3) is 0 Å². The van der Waals surface area contributed by atoms with Crippen molar-refractivity contribution in [3.05, 3.63) is 103 Å². The number of carboxylic acids is 1. The lowest BCUT2D eigenvalue weighted by molar-refractivity contribution is -0.298. The van der Waals surface area contributed by atoms with Crippen molar-refractivity contribution in [2.45, 2.75) is 0 Å². The molecule has 0 fully saturated rings. The van der Waals surface area contributed by atoms with Gasteiger partial charge < -0.3 is 9.90 Å². The molecule has 0 aliphatic carbocycles. The van der Waals surface area contributed by atoms with Gasteiger partial charge in [0.15, 0.2) is 8.07 Å². The van der Waals surface area contributed by atoms with Gasteiger partial charge >= 0.3 is 0 Å². The molecule has 0 saturated carbocycles. The Morgan fingerprint density at radius 2 is 0.958 bits per heavy atom. The SMILES string of the molecule is C=C(C(=O)[O-])[Si](c1ccccc1)(c1ccccc1)c1ccccc1. The molecular weight excluding hydrogens is 312 g/mol. The third-order valence-corrected chi connectivity index (χ3v) is 9.03. The fourth-order valence-electron chi connectivity index (χ4n) is 3.24. The molecule has 0 spiro atoms. The minimum atomic E-state index is -2.95. The molecule has 2 nitrogen and oxygen atoms in total. The van der Waals surface area contributed by atoms with E-state index in [1.807, 2.05) is 91.0 Å². The number of carbonyl (C=O) groups is 1. The third-order valence-electron chi connectivity index (χ3n) is 4.32. The molecule has 24 heavy (non-hydrogen) atoms. The fourth-order valence-corrected chi connectivity index (χ4v) is 7.67. The zero-order valence-electron chi connectivity index (χ0n) is 13.2. The second-order valence-electron chi connectivity index (χ2n) is 5.61. The molecule has 3 aromatic carbocycles. The van der Waals surface area contributed by atoms with Crippen LogP contribution in [0.1, 0.15) is 0 Å².